The van der Waals surface area contributed by atoms with Gasteiger partial charge in [0.1, 0.15) is 18.8 Å². The van der Waals surface area contributed by atoms with Crippen molar-refractivity contribution < 1.29 is 43.3 Å². The van der Waals surface area contributed by atoms with E-state index in [9.17, 15) is 24.3 Å². The molecule has 7 fully saturated rings. The quantitative estimate of drug-likeness (QED) is 0.161. The number of carbonyl (C=O) groups excluding carboxylic acids is 5. The number of hydrogen-bond donors (Lipinski definition) is 4. The molecule has 4 aliphatic carbocycles. The molecular weight excluding hydrogens is 706 g/mol. The number of nitrogens with two attached hydrogens (primary N) is 2. The summed E-state index contributed by atoms with van der Waals surface area (Å²) in [7, 11) is 1.50. The second-order valence-electron chi connectivity index (χ2n) is 17.4. The van der Waals surface area contributed by atoms with Gasteiger partial charge in [-0.1, -0.05) is 50.4 Å². The Balaban J connectivity index is 1.40. The number of methoxy groups -OCH3 is 1. The van der Waals surface area contributed by atoms with Crippen molar-refractivity contribution in [1.29, 1.82) is 0 Å². The van der Waals surface area contributed by atoms with E-state index in [1.807, 2.05) is 0 Å². The number of hydrogen-bond acceptors (Lipinski definition) is 10. The van der Waals surface area contributed by atoms with E-state index in [0.717, 1.165) is 64.2 Å². The van der Waals surface area contributed by atoms with E-state index < -0.39 is 71.4 Å². The molecule has 55 heavy (non-hydrogen) atoms. The Morgan fingerprint density at radius 1 is 0.891 bits per heavy atom. The Kier molecular flexibility index (Phi) is 12.3. The minimum atomic E-state index is -1.55. The minimum Gasteiger partial charge on any atom is -0.459 e. The van der Waals surface area contributed by atoms with Crippen LogP contribution in [-0.2, 0) is 28.6 Å². The maximum absolute atomic E-state index is 15.8. The van der Waals surface area contributed by atoms with Crippen LogP contribution in [0, 0.1) is 52.8 Å². The first-order valence-corrected chi connectivity index (χ1v) is 21.1. The third kappa shape index (κ3) is 7.34. The average molecular weight is 768 g/mol. The Bertz CT molecular complexity index is 1510. The number of urea groups is 1. The van der Waals surface area contributed by atoms with Crippen molar-refractivity contribution in [2.24, 2.45) is 52.4 Å². The predicted molar refractivity (Wildman–Crippen MR) is 199 cm³/mol. The fourth-order valence-corrected chi connectivity index (χ4v) is 12.5. The van der Waals surface area contributed by atoms with Crippen LogP contribution in [0.25, 0.3) is 0 Å². The van der Waals surface area contributed by atoms with Gasteiger partial charge in [0.05, 0.1) is 36.6 Å². The Morgan fingerprint density at radius 3 is 2.20 bits per heavy atom. The zero-order valence-electron chi connectivity index (χ0n) is 32.3. The van der Waals surface area contributed by atoms with E-state index in [2.05, 4.69) is 22.1 Å². The average Bonchev–Trinajstić information content (AvgIpc) is 3.64. The van der Waals surface area contributed by atoms with E-state index in [4.69, 9.17) is 25.7 Å². The summed E-state index contributed by atoms with van der Waals surface area (Å²) in [5.74, 6) is 2.72. The largest absolute Gasteiger partial charge is 0.459 e. The summed E-state index contributed by atoms with van der Waals surface area (Å²) in [5.41, 5.74) is 10.2. The van der Waals surface area contributed by atoms with Gasteiger partial charge in [0.25, 0.3) is 0 Å². The highest BCUT2D eigenvalue weighted by atomic mass is 16.6. The van der Waals surface area contributed by atoms with Gasteiger partial charge in [0.2, 0.25) is 11.8 Å². The van der Waals surface area contributed by atoms with Crippen molar-refractivity contribution in [2.75, 3.05) is 26.9 Å². The molecule has 14 heteroatoms. The highest BCUT2D eigenvalue weighted by Crippen LogP contribution is 2.65. The number of imide groups is 1. The summed E-state index contributed by atoms with van der Waals surface area (Å²) >= 11 is 0. The van der Waals surface area contributed by atoms with Gasteiger partial charge < -0.3 is 36.1 Å². The number of aliphatic hydroxyl groups excluding tert-OH is 1. The van der Waals surface area contributed by atoms with Crippen molar-refractivity contribution in [1.82, 2.24) is 15.1 Å². The van der Waals surface area contributed by atoms with Gasteiger partial charge in [-0.15, -0.1) is 0 Å². The number of nitrogens with one attached hydrogen (secondary N) is 1. The fraction of sp³-hybridized carbons (Fsp3) is 0.829. The van der Waals surface area contributed by atoms with Crippen LogP contribution in [0.2, 0.25) is 0 Å². The molecule has 14 nitrogen and oxygen atoms in total. The molecule has 0 aromatic carbocycles. The van der Waals surface area contributed by atoms with Gasteiger partial charge >= 0.3 is 18.1 Å². The molecular formula is C41H61N5O9. The number of cyclic esters (lactones) is 1. The summed E-state index contributed by atoms with van der Waals surface area (Å²) in [6.45, 7) is 0.155. The lowest BCUT2D eigenvalue weighted by atomic mass is 9.56. The van der Waals surface area contributed by atoms with Crippen LogP contribution in [0.3, 0.4) is 0 Å². The lowest BCUT2D eigenvalue weighted by Gasteiger charge is -2.54. The van der Waals surface area contributed by atoms with E-state index in [1.165, 1.54) is 12.0 Å². The highest BCUT2D eigenvalue weighted by molar-refractivity contribution is 6.04. The fourth-order valence-electron chi connectivity index (χ4n) is 12.5. The predicted octanol–water partition coefficient (Wildman–Crippen LogP) is 3.21. The topological polar surface area (TPSA) is 204 Å². The molecule has 5 amide bonds. The Hall–Kier alpha value is -3.41. The number of ether oxygens (including phenoxy) is 3. The maximum atomic E-state index is 15.8. The standard InChI is InChI=1S/C41H61N5O9/c1-53-21-22-54-40(52)45-30-19-14-24(9-8-20-44-39(43)51)23-29(30)41(38(45)50)31(36(42)48)33-37(49)55-34(26-12-6-3-7-13-26)32(25-10-4-2-5-11-25)46(33)35(41)27-15-17-28(47)18-16-27/h24-35,47H,2-7,10-23H2,1H3,(H2,42,48)(H3,43,44,51)/t24?,27?,28?,29?,30?,31-,32-,33-,34+,35+,41-/m0/s1. The van der Waals surface area contributed by atoms with Gasteiger partial charge in [-0.25, -0.2) is 14.5 Å². The van der Waals surface area contributed by atoms with Gasteiger partial charge in [-0.3, -0.25) is 19.3 Å². The van der Waals surface area contributed by atoms with E-state index in [0.29, 0.717) is 44.9 Å². The van der Waals surface area contributed by atoms with Crippen LogP contribution < -0.4 is 16.8 Å². The third-order valence-electron chi connectivity index (χ3n) is 14.6. The number of likely N-dealkylation sites (tertiary alicyclic amines) is 1. The van der Waals surface area contributed by atoms with Crippen LogP contribution in [0.15, 0.2) is 0 Å². The van der Waals surface area contributed by atoms with Crippen molar-refractivity contribution in [3.05, 3.63) is 0 Å². The van der Waals surface area contributed by atoms with Crippen molar-refractivity contribution >= 4 is 29.9 Å². The summed E-state index contributed by atoms with van der Waals surface area (Å²) in [4.78, 5) is 74.0. The second kappa shape index (κ2) is 17.0. The summed E-state index contributed by atoms with van der Waals surface area (Å²) in [6, 6.07) is -3.19. The number of fused-ring (bicyclic) bond motifs is 3. The monoisotopic (exact) mass is 767 g/mol. The molecule has 3 saturated heterocycles. The highest BCUT2D eigenvalue weighted by Gasteiger charge is 2.79. The minimum absolute atomic E-state index is 0.0540. The van der Waals surface area contributed by atoms with Crippen molar-refractivity contribution in [2.45, 2.75) is 146 Å². The summed E-state index contributed by atoms with van der Waals surface area (Å²) in [6.07, 6.45) is 12.4. The number of carbonyl (C=O) groups is 5. The lowest BCUT2D eigenvalue weighted by Crippen LogP contribution is -2.66. The van der Waals surface area contributed by atoms with Crippen molar-refractivity contribution in [3.63, 3.8) is 0 Å². The van der Waals surface area contributed by atoms with Gasteiger partial charge in [0.15, 0.2) is 0 Å². The van der Waals surface area contributed by atoms with Gasteiger partial charge in [-0.05, 0) is 94.3 Å². The zero-order valence-corrected chi connectivity index (χ0v) is 32.3. The first kappa shape index (κ1) is 39.8. The number of amides is 5. The first-order chi connectivity index (χ1) is 26.6. The number of nitrogens with zero attached hydrogens (tertiary/aromatic N) is 2. The summed E-state index contributed by atoms with van der Waals surface area (Å²) in [5, 5.41) is 13.3. The third-order valence-corrected chi connectivity index (χ3v) is 14.6. The SMILES string of the molecule is COCCOC(=O)N1C(=O)[C@@]2(C3CC(C#CCNC(N)=O)CCC31)[C@H](C(N)=O)[C@H]1C(=O)O[C@H](C3CCCCC3)[C@H](C3CCCCC3)N1[C@@H]2C1CCC(O)CC1. The maximum Gasteiger partial charge on any atom is 0.416 e. The number of aliphatic hydroxyl groups is 1. The normalized spacial score (nSPS) is 38.4. The smallest absolute Gasteiger partial charge is 0.416 e. The molecule has 0 bridgehead atoms. The van der Waals surface area contributed by atoms with Gasteiger partial charge in [-0.2, -0.15) is 0 Å². The van der Waals surface area contributed by atoms with Crippen LogP contribution >= 0.6 is 0 Å². The second-order valence-corrected chi connectivity index (χ2v) is 17.4. The lowest BCUT2D eigenvalue weighted by molar-refractivity contribution is -0.190. The molecule has 9 atom stereocenters. The number of rotatable bonds is 8. The van der Waals surface area contributed by atoms with Crippen LogP contribution in [0.4, 0.5) is 9.59 Å². The summed E-state index contributed by atoms with van der Waals surface area (Å²) < 4.78 is 17.4. The molecule has 3 aliphatic heterocycles. The van der Waals surface area contributed by atoms with Crippen LogP contribution in [0.1, 0.15) is 109 Å². The molecule has 0 radical (unpaired) electrons. The van der Waals surface area contributed by atoms with Crippen LogP contribution in [-0.4, -0.2) is 108 Å². The molecule has 304 valence electrons. The molecule has 0 aromatic heterocycles. The Morgan fingerprint density at radius 2 is 1.56 bits per heavy atom. The molecule has 4 saturated carbocycles. The van der Waals surface area contributed by atoms with E-state index in [1.54, 1.807) is 0 Å². The molecule has 3 heterocycles. The van der Waals surface area contributed by atoms with Crippen LogP contribution in [0.5, 0.6) is 0 Å². The first-order valence-electron chi connectivity index (χ1n) is 21.1. The molecule has 0 aromatic rings. The number of primary amides is 2. The molecule has 7 rings (SSSR count). The molecule has 6 N–H and O–H groups in total. The number of esters is 1. The molecule has 1 spiro atoms. The van der Waals surface area contributed by atoms with Gasteiger partial charge in [0, 0.05) is 25.1 Å². The van der Waals surface area contributed by atoms with E-state index in [-0.39, 0.29) is 55.6 Å². The molecule has 3 unspecified atom stereocenters. The van der Waals surface area contributed by atoms with Crippen molar-refractivity contribution in [3.8, 4) is 11.8 Å². The van der Waals surface area contributed by atoms with E-state index >= 15 is 4.79 Å². The number of morpholine rings is 1. The molecule has 7 aliphatic rings. The Labute approximate surface area is 324 Å². The zero-order chi connectivity index (χ0) is 38.9.